The molecule has 1 aliphatic heterocycles. The van der Waals surface area contributed by atoms with E-state index in [4.69, 9.17) is 14.5 Å². The molecule has 2 aromatic carbocycles. The monoisotopic (exact) mass is 436 g/mol. The van der Waals surface area contributed by atoms with Crippen molar-refractivity contribution in [3.8, 4) is 27.6 Å². The van der Waals surface area contributed by atoms with Crippen molar-refractivity contribution in [1.29, 1.82) is 0 Å². The van der Waals surface area contributed by atoms with E-state index in [0.717, 1.165) is 28.2 Å². The lowest BCUT2D eigenvalue weighted by molar-refractivity contribution is -0.143. The van der Waals surface area contributed by atoms with E-state index in [1.165, 1.54) is 4.90 Å². The molecule has 4 rings (SSSR count). The van der Waals surface area contributed by atoms with Gasteiger partial charge in [-0.25, -0.2) is 4.98 Å². The van der Waals surface area contributed by atoms with Gasteiger partial charge in [0.25, 0.3) is 5.91 Å². The molecule has 160 valence electrons. The minimum absolute atomic E-state index is 0.137. The van der Waals surface area contributed by atoms with Crippen LogP contribution in [0.4, 0.5) is 5.69 Å². The van der Waals surface area contributed by atoms with Crippen LogP contribution in [-0.2, 0) is 14.3 Å². The van der Waals surface area contributed by atoms with Gasteiger partial charge in [0, 0.05) is 16.5 Å². The molecule has 3 aromatic rings. The third-order valence-electron chi connectivity index (χ3n) is 5.01. The molecule has 0 radical (unpaired) electrons. The highest BCUT2D eigenvalue weighted by atomic mass is 32.1. The molecule has 1 amide bonds. The number of fused-ring (bicyclic) bond motifs is 1. The van der Waals surface area contributed by atoms with Crippen molar-refractivity contribution in [1.82, 2.24) is 4.98 Å². The molecule has 0 aliphatic carbocycles. The number of carbonyl (C=O) groups is 2. The normalized spacial score (nSPS) is 15.4. The Balaban J connectivity index is 1.66. The van der Waals surface area contributed by atoms with Crippen molar-refractivity contribution in [3.63, 3.8) is 0 Å². The molecule has 0 saturated heterocycles. The average Bonchev–Trinajstić information content (AvgIpc) is 3.30. The molecule has 1 aliphatic rings. The van der Waals surface area contributed by atoms with Crippen molar-refractivity contribution in [2.75, 3.05) is 18.1 Å². The SMILES string of the molecule is CCCOC(=O)CN1C(=O)C(CC)Oc2ccc(-c3csc(-c4ccccc4)n3)cc21. The van der Waals surface area contributed by atoms with Crippen LogP contribution in [0.5, 0.6) is 5.75 Å². The summed E-state index contributed by atoms with van der Waals surface area (Å²) in [5.74, 6) is -0.0795. The molecule has 7 heteroatoms. The van der Waals surface area contributed by atoms with Gasteiger partial charge in [-0.3, -0.25) is 14.5 Å². The number of ether oxygens (including phenoxy) is 2. The van der Waals surface area contributed by atoms with Gasteiger partial charge in [0.2, 0.25) is 0 Å². The summed E-state index contributed by atoms with van der Waals surface area (Å²) in [6.45, 7) is 4.01. The van der Waals surface area contributed by atoms with Gasteiger partial charge in [-0.1, -0.05) is 44.2 Å². The molecular weight excluding hydrogens is 412 g/mol. The first-order valence-electron chi connectivity index (χ1n) is 10.4. The summed E-state index contributed by atoms with van der Waals surface area (Å²) in [5.41, 5.74) is 3.29. The summed E-state index contributed by atoms with van der Waals surface area (Å²) in [5, 5.41) is 2.91. The van der Waals surface area contributed by atoms with E-state index in [1.54, 1.807) is 11.3 Å². The van der Waals surface area contributed by atoms with Crippen molar-refractivity contribution in [2.24, 2.45) is 0 Å². The predicted octanol–water partition coefficient (Wildman–Crippen LogP) is 4.93. The molecule has 1 atom stereocenters. The molecule has 0 bridgehead atoms. The van der Waals surface area contributed by atoms with Gasteiger partial charge in [-0.05, 0) is 31.0 Å². The summed E-state index contributed by atoms with van der Waals surface area (Å²) in [6, 6.07) is 15.6. The summed E-state index contributed by atoms with van der Waals surface area (Å²) >= 11 is 1.56. The second kappa shape index (κ2) is 9.31. The number of benzene rings is 2. The molecule has 31 heavy (non-hydrogen) atoms. The zero-order valence-electron chi connectivity index (χ0n) is 17.5. The number of thiazole rings is 1. The minimum atomic E-state index is -0.610. The molecule has 0 spiro atoms. The Labute approximate surface area is 185 Å². The topological polar surface area (TPSA) is 68.7 Å². The summed E-state index contributed by atoms with van der Waals surface area (Å²) in [7, 11) is 0. The van der Waals surface area contributed by atoms with Gasteiger partial charge in [0.15, 0.2) is 6.10 Å². The zero-order chi connectivity index (χ0) is 21.8. The molecule has 1 aromatic heterocycles. The molecule has 2 heterocycles. The molecule has 0 fully saturated rings. The van der Waals surface area contributed by atoms with Crippen molar-refractivity contribution in [3.05, 3.63) is 53.9 Å². The van der Waals surface area contributed by atoms with E-state index in [0.29, 0.717) is 24.5 Å². The smallest absolute Gasteiger partial charge is 0.326 e. The van der Waals surface area contributed by atoms with Crippen LogP contribution in [0.25, 0.3) is 21.8 Å². The number of rotatable bonds is 7. The van der Waals surface area contributed by atoms with E-state index in [1.807, 2.05) is 67.8 Å². The number of aromatic nitrogens is 1. The summed E-state index contributed by atoms with van der Waals surface area (Å²) in [6.07, 6.45) is 0.642. The van der Waals surface area contributed by atoms with E-state index in [9.17, 15) is 9.59 Å². The lowest BCUT2D eigenvalue weighted by atomic mass is 10.1. The van der Waals surface area contributed by atoms with Crippen LogP contribution in [0.15, 0.2) is 53.9 Å². The summed E-state index contributed by atoms with van der Waals surface area (Å²) < 4.78 is 11.1. The van der Waals surface area contributed by atoms with Gasteiger partial charge < -0.3 is 9.47 Å². The van der Waals surface area contributed by atoms with Crippen LogP contribution in [0.3, 0.4) is 0 Å². The lowest BCUT2D eigenvalue weighted by Gasteiger charge is -2.33. The molecule has 6 nitrogen and oxygen atoms in total. The van der Waals surface area contributed by atoms with Gasteiger partial charge >= 0.3 is 5.97 Å². The first-order valence-corrected chi connectivity index (χ1v) is 11.3. The predicted molar refractivity (Wildman–Crippen MR) is 121 cm³/mol. The van der Waals surface area contributed by atoms with E-state index in [-0.39, 0.29) is 12.5 Å². The Morgan fingerprint density at radius 2 is 1.97 bits per heavy atom. The third-order valence-corrected chi connectivity index (χ3v) is 5.90. The average molecular weight is 437 g/mol. The first-order chi connectivity index (χ1) is 15.1. The number of anilines is 1. The summed E-state index contributed by atoms with van der Waals surface area (Å²) in [4.78, 5) is 31.4. The number of hydrogen-bond donors (Lipinski definition) is 0. The second-order valence-electron chi connectivity index (χ2n) is 7.25. The maximum absolute atomic E-state index is 12.9. The highest BCUT2D eigenvalue weighted by molar-refractivity contribution is 7.13. The highest BCUT2D eigenvalue weighted by Gasteiger charge is 2.35. The highest BCUT2D eigenvalue weighted by Crippen LogP contribution is 2.39. The van der Waals surface area contributed by atoms with Crippen LogP contribution < -0.4 is 9.64 Å². The Morgan fingerprint density at radius 1 is 1.16 bits per heavy atom. The largest absolute Gasteiger partial charge is 0.478 e. The zero-order valence-corrected chi connectivity index (χ0v) is 18.4. The van der Waals surface area contributed by atoms with Gasteiger partial charge in [-0.15, -0.1) is 11.3 Å². The van der Waals surface area contributed by atoms with Gasteiger partial charge in [-0.2, -0.15) is 0 Å². The molecule has 0 N–H and O–H groups in total. The standard InChI is InChI=1S/C24H24N2O4S/c1-3-12-29-22(27)14-26-19-13-17(10-11-21(19)30-20(4-2)24(26)28)18-15-31-23(25-18)16-8-6-5-7-9-16/h5-11,13,15,20H,3-4,12,14H2,1-2H3. The number of carbonyl (C=O) groups excluding carboxylic acids is 2. The molecule has 0 saturated carbocycles. The Morgan fingerprint density at radius 3 is 2.71 bits per heavy atom. The number of hydrogen-bond acceptors (Lipinski definition) is 6. The first kappa shape index (κ1) is 21.1. The van der Waals surface area contributed by atoms with Crippen molar-refractivity contribution in [2.45, 2.75) is 32.8 Å². The second-order valence-corrected chi connectivity index (χ2v) is 8.10. The fourth-order valence-electron chi connectivity index (χ4n) is 3.41. The Bertz CT molecular complexity index is 1080. The molecule has 1 unspecified atom stereocenters. The van der Waals surface area contributed by atoms with Gasteiger partial charge in [0.05, 0.1) is 18.0 Å². The number of amides is 1. The maximum atomic E-state index is 12.9. The van der Waals surface area contributed by atoms with Crippen molar-refractivity contribution >= 4 is 28.9 Å². The van der Waals surface area contributed by atoms with Crippen molar-refractivity contribution < 1.29 is 19.1 Å². The fourth-order valence-corrected chi connectivity index (χ4v) is 4.25. The van der Waals surface area contributed by atoms with Crippen LogP contribution in [-0.4, -0.2) is 36.1 Å². The van der Waals surface area contributed by atoms with Crippen LogP contribution in [0.1, 0.15) is 26.7 Å². The lowest BCUT2D eigenvalue weighted by Crippen LogP contribution is -2.48. The quantitative estimate of drug-likeness (QED) is 0.491. The van der Waals surface area contributed by atoms with E-state index < -0.39 is 12.1 Å². The van der Waals surface area contributed by atoms with Gasteiger partial charge in [0.1, 0.15) is 17.3 Å². The number of nitrogens with zero attached hydrogens (tertiary/aromatic N) is 2. The minimum Gasteiger partial charge on any atom is -0.478 e. The Hall–Kier alpha value is -3.19. The number of esters is 1. The van der Waals surface area contributed by atoms with Crippen LogP contribution >= 0.6 is 11.3 Å². The van der Waals surface area contributed by atoms with E-state index in [2.05, 4.69) is 0 Å². The van der Waals surface area contributed by atoms with E-state index >= 15 is 0 Å². The van der Waals surface area contributed by atoms with Crippen LogP contribution in [0.2, 0.25) is 0 Å². The maximum Gasteiger partial charge on any atom is 0.326 e. The Kier molecular flexibility index (Phi) is 6.32. The third kappa shape index (κ3) is 4.46. The molecular formula is C24H24N2O4S. The van der Waals surface area contributed by atoms with Crippen LogP contribution in [0, 0.1) is 0 Å². The fraction of sp³-hybridized carbons (Fsp3) is 0.292.